The summed E-state index contributed by atoms with van der Waals surface area (Å²) in [5.74, 6) is 0. The van der Waals surface area contributed by atoms with Crippen LogP contribution in [0.4, 0.5) is 0 Å². The highest BCUT2D eigenvalue weighted by Gasteiger charge is 2.38. The first-order valence-electron chi connectivity index (χ1n) is 10.6. The highest BCUT2D eigenvalue weighted by atomic mass is 35.5. The number of para-hydroxylation sites is 1. The Morgan fingerprint density at radius 1 is 1.00 bits per heavy atom. The van der Waals surface area contributed by atoms with E-state index in [1.807, 2.05) is 0 Å². The molecule has 5 heteroatoms. The fourth-order valence-corrected chi connectivity index (χ4v) is 5.02. The Hall–Kier alpha value is -1.52. The summed E-state index contributed by atoms with van der Waals surface area (Å²) in [5.41, 5.74) is 5.69. The van der Waals surface area contributed by atoms with Gasteiger partial charge in [-0.05, 0) is 76.4 Å². The number of H-pyrrole nitrogens is 1. The van der Waals surface area contributed by atoms with E-state index in [0.717, 1.165) is 13.0 Å². The summed E-state index contributed by atoms with van der Waals surface area (Å²) in [6, 6.07) is 18.3. The van der Waals surface area contributed by atoms with Crippen LogP contribution in [0.15, 0.2) is 54.7 Å². The molecule has 1 fully saturated rings. The van der Waals surface area contributed by atoms with Gasteiger partial charge in [-0.2, -0.15) is 0 Å². The number of hydrogen-bond donors (Lipinski definition) is 2. The van der Waals surface area contributed by atoms with Gasteiger partial charge in [-0.3, -0.25) is 4.90 Å². The summed E-state index contributed by atoms with van der Waals surface area (Å²) < 4.78 is 0. The van der Waals surface area contributed by atoms with Gasteiger partial charge in [-0.15, -0.1) is 24.8 Å². The Balaban J connectivity index is 0.00000160. The third-order valence-electron chi connectivity index (χ3n) is 6.82. The van der Waals surface area contributed by atoms with E-state index in [0.29, 0.717) is 6.04 Å². The van der Waals surface area contributed by atoms with E-state index in [9.17, 15) is 0 Å². The lowest BCUT2D eigenvalue weighted by Crippen LogP contribution is -2.48. The van der Waals surface area contributed by atoms with Crippen molar-refractivity contribution in [3.05, 3.63) is 71.4 Å². The van der Waals surface area contributed by atoms with Gasteiger partial charge in [-0.25, -0.2) is 0 Å². The summed E-state index contributed by atoms with van der Waals surface area (Å²) >= 11 is 0. The third-order valence-corrected chi connectivity index (χ3v) is 6.82. The summed E-state index contributed by atoms with van der Waals surface area (Å²) in [5, 5.41) is 5.21. The number of fused-ring (bicyclic) bond motifs is 1. The van der Waals surface area contributed by atoms with Crippen LogP contribution in [-0.2, 0) is 12.0 Å². The quantitative estimate of drug-likeness (QED) is 0.496. The average Bonchev–Trinajstić information content (AvgIpc) is 3.14. The van der Waals surface area contributed by atoms with Crippen LogP contribution >= 0.6 is 24.8 Å². The van der Waals surface area contributed by atoms with Crippen molar-refractivity contribution in [3.63, 3.8) is 0 Å². The Morgan fingerprint density at radius 2 is 1.70 bits per heavy atom. The van der Waals surface area contributed by atoms with Crippen molar-refractivity contribution in [2.24, 2.45) is 0 Å². The highest BCUT2D eigenvalue weighted by molar-refractivity contribution is 5.86. The van der Waals surface area contributed by atoms with E-state index in [4.69, 9.17) is 0 Å². The number of nitrogens with one attached hydrogen (secondary N) is 2. The number of nitrogens with zero attached hydrogens (tertiary/aromatic N) is 1. The molecule has 1 saturated carbocycles. The van der Waals surface area contributed by atoms with Crippen LogP contribution in [0.25, 0.3) is 10.9 Å². The summed E-state index contributed by atoms with van der Waals surface area (Å²) in [6.07, 6.45) is 8.17. The lowest BCUT2D eigenvalue weighted by atomic mass is 9.74. The standard InChI is InChI=1S/C25H33N3.2ClH/c1-19-8-7-11-23-20(18-27-24(19)23)14-17-26-22-12-15-25(16-13-22,28(2)3)21-9-5-4-6-10-21;;/h4-11,18,22,26-27H,12-17H2,1-3H3;2*1H. The number of hydrogen-bond acceptors (Lipinski definition) is 2. The molecule has 3 aromatic rings. The molecule has 1 heterocycles. The first-order chi connectivity index (χ1) is 13.6. The van der Waals surface area contributed by atoms with Gasteiger partial charge in [0.15, 0.2) is 0 Å². The number of aromatic amines is 1. The molecule has 2 N–H and O–H groups in total. The Kier molecular flexibility index (Phi) is 8.81. The van der Waals surface area contributed by atoms with Gasteiger partial charge < -0.3 is 10.3 Å². The highest BCUT2D eigenvalue weighted by Crippen LogP contribution is 2.41. The second kappa shape index (κ2) is 10.7. The minimum atomic E-state index is 0. The zero-order chi connectivity index (χ0) is 19.6. The van der Waals surface area contributed by atoms with Gasteiger partial charge in [0.1, 0.15) is 0 Å². The van der Waals surface area contributed by atoms with Gasteiger partial charge in [0.2, 0.25) is 0 Å². The average molecular weight is 448 g/mol. The van der Waals surface area contributed by atoms with Gasteiger partial charge >= 0.3 is 0 Å². The van der Waals surface area contributed by atoms with Gasteiger partial charge in [0.25, 0.3) is 0 Å². The third kappa shape index (κ3) is 4.86. The molecule has 4 rings (SSSR count). The second-order valence-electron chi connectivity index (χ2n) is 8.58. The molecule has 0 amide bonds. The van der Waals surface area contributed by atoms with E-state index in [1.165, 1.54) is 53.3 Å². The first-order valence-corrected chi connectivity index (χ1v) is 10.6. The molecule has 1 aromatic heterocycles. The van der Waals surface area contributed by atoms with E-state index in [1.54, 1.807) is 0 Å². The molecule has 1 aliphatic carbocycles. The summed E-state index contributed by atoms with van der Waals surface area (Å²) in [7, 11) is 4.47. The van der Waals surface area contributed by atoms with E-state index in [-0.39, 0.29) is 30.4 Å². The summed E-state index contributed by atoms with van der Waals surface area (Å²) in [4.78, 5) is 5.89. The number of halogens is 2. The molecular formula is C25H35Cl2N3. The molecule has 2 aromatic carbocycles. The fourth-order valence-electron chi connectivity index (χ4n) is 5.02. The first kappa shape index (κ1) is 24.7. The monoisotopic (exact) mass is 447 g/mol. The van der Waals surface area contributed by atoms with Crippen LogP contribution in [0.5, 0.6) is 0 Å². The molecule has 0 radical (unpaired) electrons. The van der Waals surface area contributed by atoms with Crippen molar-refractivity contribution >= 4 is 35.7 Å². The largest absolute Gasteiger partial charge is 0.361 e. The van der Waals surface area contributed by atoms with Crippen LogP contribution in [0.3, 0.4) is 0 Å². The van der Waals surface area contributed by atoms with Crippen LogP contribution in [0, 0.1) is 6.92 Å². The maximum Gasteiger partial charge on any atom is 0.0486 e. The summed E-state index contributed by atoms with van der Waals surface area (Å²) in [6.45, 7) is 3.22. The number of rotatable bonds is 6. The number of aromatic nitrogens is 1. The predicted molar refractivity (Wildman–Crippen MR) is 133 cm³/mol. The van der Waals surface area contributed by atoms with Crippen molar-refractivity contribution in [3.8, 4) is 0 Å². The molecule has 3 nitrogen and oxygen atoms in total. The van der Waals surface area contributed by atoms with Crippen molar-refractivity contribution in [2.75, 3.05) is 20.6 Å². The minimum Gasteiger partial charge on any atom is -0.361 e. The van der Waals surface area contributed by atoms with Crippen molar-refractivity contribution in [1.82, 2.24) is 15.2 Å². The van der Waals surface area contributed by atoms with Crippen LogP contribution in [0.1, 0.15) is 42.4 Å². The van der Waals surface area contributed by atoms with Crippen molar-refractivity contribution < 1.29 is 0 Å². The van der Waals surface area contributed by atoms with Gasteiger partial charge in [0, 0.05) is 28.7 Å². The molecule has 0 unspecified atom stereocenters. The van der Waals surface area contributed by atoms with Gasteiger partial charge in [0.05, 0.1) is 0 Å². The zero-order valence-electron chi connectivity index (χ0n) is 18.3. The van der Waals surface area contributed by atoms with Crippen molar-refractivity contribution in [2.45, 2.75) is 50.6 Å². The van der Waals surface area contributed by atoms with E-state index < -0.39 is 0 Å². The number of aryl methyl sites for hydroxylation is 1. The molecule has 0 spiro atoms. The Morgan fingerprint density at radius 3 is 2.37 bits per heavy atom. The second-order valence-corrected chi connectivity index (χ2v) is 8.58. The molecular weight excluding hydrogens is 413 g/mol. The molecule has 0 aliphatic heterocycles. The molecule has 0 atom stereocenters. The minimum absolute atomic E-state index is 0. The van der Waals surface area contributed by atoms with Crippen LogP contribution < -0.4 is 5.32 Å². The smallest absolute Gasteiger partial charge is 0.0486 e. The van der Waals surface area contributed by atoms with Crippen molar-refractivity contribution in [1.29, 1.82) is 0 Å². The SMILES string of the molecule is Cc1cccc2c(CCNC3CCC(c4ccccc4)(N(C)C)CC3)c[nH]c12.Cl.Cl. The predicted octanol–water partition coefficient (Wildman–Crippen LogP) is 5.85. The Bertz CT molecular complexity index is 913. The lowest BCUT2D eigenvalue weighted by Gasteiger charge is -2.45. The molecule has 164 valence electrons. The van der Waals surface area contributed by atoms with Gasteiger partial charge in [-0.1, -0.05) is 48.5 Å². The molecule has 1 aliphatic rings. The van der Waals surface area contributed by atoms with Crippen LogP contribution in [-0.4, -0.2) is 36.6 Å². The molecule has 0 saturated heterocycles. The topological polar surface area (TPSA) is 31.1 Å². The van der Waals surface area contributed by atoms with Crippen LogP contribution in [0.2, 0.25) is 0 Å². The normalized spacial score (nSPS) is 21.3. The molecule has 0 bridgehead atoms. The maximum absolute atomic E-state index is 3.83. The zero-order valence-corrected chi connectivity index (χ0v) is 19.9. The van der Waals surface area contributed by atoms with E-state index >= 15 is 0 Å². The number of benzene rings is 2. The molecule has 30 heavy (non-hydrogen) atoms. The lowest BCUT2D eigenvalue weighted by molar-refractivity contribution is 0.0858. The van der Waals surface area contributed by atoms with E-state index in [2.05, 4.69) is 90.9 Å². The fraction of sp³-hybridized carbons (Fsp3) is 0.440. The maximum atomic E-state index is 3.83. The Labute approximate surface area is 193 Å².